The second-order valence-corrected chi connectivity index (χ2v) is 4.39. The number of nitrogens with zero attached hydrogens (tertiary/aromatic N) is 3. The summed E-state index contributed by atoms with van der Waals surface area (Å²) in [5.41, 5.74) is 4.79. The van der Waals surface area contributed by atoms with Crippen LogP contribution in [-0.4, -0.2) is 38.3 Å². The third kappa shape index (κ3) is 3.08. The first-order valence-corrected chi connectivity index (χ1v) is 6.07. The van der Waals surface area contributed by atoms with Crippen LogP contribution in [0.25, 0.3) is 11.0 Å². The zero-order valence-corrected chi connectivity index (χ0v) is 11.1. The molecule has 0 unspecified atom stereocenters. The molecule has 0 saturated carbocycles. The Morgan fingerprint density at radius 3 is 2.68 bits per heavy atom. The zero-order valence-electron chi connectivity index (χ0n) is 11.1. The Labute approximate surface area is 122 Å². The van der Waals surface area contributed by atoms with Gasteiger partial charge < -0.3 is 16.2 Å². The Hall–Kier alpha value is -3.24. The van der Waals surface area contributed by atoms with Crippen molar-refractivity contribution < 1.29 is 24.2 Å². The van der Waals surface area contributed by atoms with Crippen molar-refractivity contribution in [3.63, 3.8) is 0 Å². The Balaban J connectivity index is 2.32. The van der Waals surface area contributed by atoms with Crippen molar-refractivity contribution in [3.8, 4) is 0 Å². The van der Waals surface area contributed by atoms with Gasteiger partial charge >= 0.3 is 11.7 Å². The van der Waals surface area contributed by atoms with Crippen LogP contribution in [0.4, 0.5) is 11.4 Å². The van der Waals surface area contributed by atoms with Crippen molar-refractivity contribution in [1.29, 1.82) is 0 Å². The van der Waals surface area contributed by atoms with Crippen LogP contribution in [-0.2, 0) is 9.59 Å². The number of benzene rings is 1. The fraction of sp³-hybridized carbons (Fsp3) is 0.273. The number of fused-ring (bicyclic) bond motifs is 1. The van der Waals surface area contributed by atoms with Crippen LogP contribution >= 0.6 is 0 Å². The van der Waals surface area contributed by atoms with Crippen molar-refractivity contribution >= 4 is 34.3 Å². The number of hydrogen-bond acceptors (Lipinski definition) is 8. The molecule has 0 aliphatic rings. The zero-order chi connectivity index (χ0) is 16.3. The number of hydrogen-bond donors (Lipinski definition) is 3. The maximum absolute atomic E-state index is 11.2. The van der Waals surface area contributed by atoms with Gasteiger partial charge in [0.1, 0.15) is 6.04 Å². The molecule has 1 amide bonds. The van der Waals surface area contributed by atoms with E-state index >= 15 is 0 Å². The monoisotopic (exact) mass is 309 g/mol. The summed E-state index contributed by atoms with van der Waals surface area (Å²) in [6, 6.07) is 1.33. The Morgan fingerprint density at radius 2 is 2.09 bits per heavy atom. The highest BCUT2D eigenvalue weighted by molar-refractivity contribution is 5.94. The van der Waals surface area contributed by atoms with E-state index in [1.165, 1.54) is 6.07 Å². The molecule has 2 rings (SSSR count). The topological polar surface area (TPSA) is 174 Å². The van der Waals surface area contributed by atoms with Crippen molar-refractivity contribution in [2.75, 3.05) is 5.32 Å². The maximum Gasteiger partial charge on any atom is 0.326 e. The molecule has 2 aromatic rings. The summed E-state index contributed by atoms with van der Waals surface area (Å²) in [4.78, 5) is 32.1. The number of carbonyl (C=O) groups excluding carboxylic acids is 1. The lowest BCUT2D eigenvalue weighted by molar-refractivity contribution is -0.383. The Bertz CT molecular complexity index is 742. The molecular formula is C11H11N5O6. The van der Waals surface area contributed by atoms with Gasteiger partial charge in [0.25, 0.3) is 0 Å². The molecule has 11 heteroatoms. The molecule has 11 nitrogen and oxygen atoms in total. The van der Waals surface area contributed by atoms with Crippen molar-refractivity contribution in [2.45, 2.75) is 18.9 Å². The van der Waals surface area contributed by atoms with Gasteiger partial charge in [-0.2, -0.15) is 0 Å². The number of aromatic nitrogens is 2. The van der Waals surface area contributed by atoms with Gasteiger partial charge in [0.2, 0.25) is 11.4 Å². The summed E-state index contributed by atoms with van der Waals surface area (Å²) in [5.74, 6) is -1.84. The van der Waals surface area contributed by atoms with E-state index in [9.17, 15) is 19.7 Å². The summed E-state index contributed by atoms with van der Waals surface area (Å²) in [6.07, 6.45) is -0.175. The molecule has 0 fully saturated rings. The minimum absolute atomic E-state index is 0.0273. The summed E-state index contributed by atoms with van der Waals surface area (Å²) in [5, 5.41) is 29.6. The predicted octanol–water partition coefficient (Wildman–Crippen LogP) is 0.262. The van der Waals surface area contributed by atoms with E-state index in [-0.39, 0.29) is 35.2 Å². The van der Waals surface area contributed by atoms with E-state index < -0.39 is 22.8 Å². The molecule has 116 valence electrons. The number of non-ortho nitro benzene ring substituents is 1. The van der Waals surface area contributed by atoms with Crippen molar-refractivity contribution in [1.82, 2.24) is 10.3 Å². The van der Waals surface area contributed by atoms with E-state index in [2.05, 4.69) is 20.3 Å². The summed E-state index contributed by atoms with van der Waals surface area (Å²) < 4.78 is 4.47. The van der Waals surface area contributed by atoms with E-state index in [0.29, 0.717) is 0 Å². The SMILES string of the molecule is NC(=O)CC[C@@H](Nc1ccc([N+](=O)[O-])c2nonc12)C(=O)O. The smallest absolute Gasteiger partial charge is 0.326 e. The van der Waals surface area contributed by atoms with Crippen LogP contribution in [0.2, 0.25) is 0 Å². The fourth-order valence-corrected chi connectivity index (χ4v) is 1.85. The van der Waals surface area contributed by atoms with Gasteiger partial charge in [-0.25, -0.2) is 9.42 Å². The average molecular weight is 309 g/mol. The van der Waals surface area contributed by atoms with Crippen LogP contribution in [0.1, 0.15) is 12.8 Å². The lowest BCUT2D eigenvalue weighted by atomic mass is 10.1. The molecule has 0 aliphatic carbocycles. The fourth-order valence-electron chi connectivity index (χ4n) is 1.85. The normalized spacial score (nSPS) is 12.0. The molecule has 0 aliphatic heterocycles. The van der Waals surface area contributed by atoms with Crippen LogP contribution in [0.15, 0.2) is 16.8 Å². The third-order valence-electron chi connectivity index (χ3n) is 2.90. The highest BCUT2D eigenvalue weighted by atomic mass is 16.6. The number of carboxylic acid groups (broad SMARTS) is 1. The first-order chi connectivity index (χ1) is 10.4. The number of nitro groups is 1. The molecular weight excluding hydrogens is 298 g/mol. The predicted molar refractivity (Wildman–Crippen MR) is 71.9 cm³/mol. The molecule has 1 atom stereocenters. The number of amides is 1. The molecule has 1 aromatic heterocycles. The molecule has 4 N–H and O–H groups in total. The molecule has 0 radical (unpaired) electrons. The molecule has 0 bridgehead atoms. The van der Waals surface area contributed by atoms with Crippen LogP contribution in [0.3, 0.4) is 0 Å². The minimum Gasteiger partial charge on any atom is -0.480 e. The van der Waals surface area contributed by atoms with Gasteiger partial charge in [-0.15, -0.1) is 0 Å². The van der Waals surface area contributed by atoms with Gasteiger partial charge in [-0.1, -0.05) is 0 Å². The summed E-state index contributed by atoms with van der Waals surface area (Å²) >= 11 is 0. The lowest BCUT2D eigenvalue weighted by Gasteiger charge is -2.14. The quantitative estimate of drug-likeness (QED) is 0.478. The van der Waals surface area contributed by atoms with Gasteiger partial charge in [-0.05, 0) is 22.8 Å². The highest BCUT2D eigenvalue weighted by Gasteiger charge is 2.23. The molecule has 0 saturated heterocycles. The number of nitrogens with one attached hydrogen (secondary N) is 1. The standard InChI is InChI=1S/C11H11N5O6/c12-8(17)4-2-6(11(18)19)13-5-1-3-7(16(20)21)10-9(5)14-22-15-10/h1,3,6,13H,2,4H2,(H2,12,17)(H,18,19)/t6-/m1/s1. The Kier molecular flexibility index (Phi) is 4.15. The minimum atomic E-state index is -1.20. The van der Waals surface area contributed by atoms with Crippen molar-refractivity contribution in [3.05, 3.63) is 22.2 Å². The van der Waals surface area contributed by atoms with Gasteiger partial charge in [0.15, 0.2) is 5.52 Å². The number of primary amides is 1. The number of nitrogens with two attached hydrogens (primary N) is 1. The molecule has 1 heterocycles. The van der Waals surface area contributed by atoms with E-state index in [1.54, 1.807) is 0 Å². The highest BCUT2D eigenvalue weighted by Crippen LogP contribution is 2.29. The number of anilines is 1. The van der Waals surface area contributed by atoms with Gasteiger partial charge in [-0.3, -0.25) is 14.9 Å². The van der Waals surface area contributed by atoms with Crippen LogP contribution in [0, 0.1) is 10.1 Å². The van der Waals surface area contributed by atoms with Crippen LogP contribution in [0.5, 0.6) is 0 Å². The number of nitro benzene ring substituents is 1. The van der Waals surface area contributed by atoms with E-state index in [0.717, 1.165) is 6.07 Å². The van der Waals surface area contributed by atoms with Gasteiger partial charge in [0.05, 0.1) is 10.6 Å². The number of aliphatic carboxylic acids is 1. The number of rotatable bonds is 7. The largest absolute Gasteiger partial charge is 0.480 e. The molecule has 1 aromatic carbocycles. The van der Waals surface area contributed by atoms with Crippen LogP contribution < -0.4 is 11.1 Å². The summed E-state index contributed by atoms with van der Waals surface area (Å²) in [7, 11) is 0. The van der Waals surface area contributed by atoms with Crippen molar-refractivity contribution in [2.24, 2.45) is 5.73 Å². The molecule has 0 spiro atoms. The second-order valence-electron chi connectivity index (χ2n) is 4.39. The Morgan fingerprint density at radius 1 is 1.41 bits per heavy atom. The first-order valence-electron chi connectivity index (χ1n) is 6.07. The second kappa shape index (κ2) is 6.03. The lowest BCUT2D eigenvalue weighted by Crippen LogP contribution is -2.30. The number of carboxylic acids is 1. The van der Waals surface area contributed by atoms with E-state index in [1.807, 2.05) is 0 Å². The molecule has 22 heavy (non-hydrogen) atoms. The van der Waals surface area contributed by atoms with E-state index in [4.69, 9.17) is 10.8 Å². The number of carbonyl (C=O) groups is 2. The summed E-state index contributed by atoms with van der Waals surface area (Å²) in [6.45, 7) is 0. The first kappa shape index (κ1) is 15.2. The van der Waals surface area contributed by atoms with Gasteiger partial charge in [0, 0.05) is 12.5 Å². The third-order valence-corrected chi connectivity index (χ3v) is 2.90. The maximum atomic E-state index is 11.2. The average Bonchev–Trinajstić information content (AvgIpc) is 2.91.